The van der Waals surface area contributed by atoms with Gasteiger partial charge in [0.1, 0.15) is 43.0 Å². The van der Waals surface area contributed by atoms with Crippen LogP contribution < -0.4 is 20.7 Å². The number of aryl methyl sites for hydroxylation is 1. The molecule has 0 radical (unpaired) electrons. The third-order valence-electron chi connectivity index (χ3n) is 18.2. The monoisotopic (exact) mass is 1550 g/mol. The second kappa shape index (κ2) is 50.0. The highest BCUT2D eigenvalue weighted by Gasteiger charge is 2.48. The molecule has 1 fully saturated rings. The van der Waals surface area contributed by atoms with Gasteiger partial charge in [-0.2, -0.15) is 0 Å². The molecule has 0 spiro atoms. The van der Waals surface area contributed by atoms with Gasteiger partial charge >= 0.3 is 23.9 Å². The van der Waals surface area contributed by atoms with Crippen molar-refractivity contribution in [2.24, 2.45) is 29.1 Å². The Labute approximate surface area is 646 Å². The molecule has 2 heterocycles. The van der Waals surface area contributed by atoms with E-state index in [1.165, 1.54) is 24.2 Å². The van der Waals surface area contributed by atoms with Crippen molar-refractivity contribution in [1.29, 1.82) is 0 Å². The first-order chi connectivity index (χ1) is 52.2. The number of ether oxygens (including phenoxy) is 13. The molecular weight excluding hydrogens is 1430 g/mol. The molecule has 3 aromatic carbocycles. The van der Waals surface area contributed by atoms with Gasteiger partial charge in [-0.15, -0.1) is 0 Å². The van der Waals surface area contributed by atoms with Gasteiger partial charge in [-0.25, -0.2) is 4.79 Å². The van der Waals surface area contributed by atoms with Gasteiger partial charge in [0.25, 0.3) is 0 Å². The van der Waals surface area contributed by atoms with Crippen LogP contribution in [0.25, 0.3) is 0 Å². The van der Waals surface area contributed by atoms with Gasteiger partial charge in [0, 0.05) is 77.1 Å². The summed E-state index contributed by atoms with van der Waals surface area (Å²) in [7, 11) is 3.10. The number of ketones is 2. The van der Waals surface area contributed by atoms with E-state index in [4.69, 9.17) is 73.2 Å². The van der Waals surface area contributed by atoms with Crippen LogP contribution in [0.3, 0.4) is 0 Å². The van der Waals surface area contributed by atoms with Crippen molar-refractivity contribution < 1.29 is 110 Å². The van der Waals surface area contributed by atoms with Gasteiger partial charge in [-0.1, -0.05) is 120 Å². The van der Waals surface area contributed by atoms with Gasteiger partial charge in [0.2, 0.25) is 23.6 Å². The highest BCUT2D eigenvalue weighted by atomic mass is 35.5. The molecule has 3 N–H and O–H groups in total. The summed E-state index contributed by atoms with van der Waals surface area (Å²) in [6, 6.07) is 17.8. The Balaban J connectivity index is 1.03. The minimum Gasteiger partial charge on any atom is -0.495 e. The molecule has 2 aliphatic rings. The van der Waals surface area contributed by atoms with Crippen molar-refractivity contribution in [2.75, 3.05) is 126 Å². The fourth-order valence-electron chi connectivity index (χ4n) is 11.4. The number of amides is 4. The van der Waals surface area contributed by atoms with E-state index in [2.05, 4.69) is 22.5 Å². The van der Waals surface area contributed by atoms with Crippen LogP contribution in [0, 0.1) is 29.1 Å². The lowest BCUT2D eigenvalue weighted by Crippen LogP contribution is -2.51. The van der Waals surface area contributed by atoms with Crippen molar-refractivity contribution in [3.8, 4) is 5.75 Å². The Morgan fingerprint density at radius 2 is 1.28 bits per heavy atom. The Kier molecular flexibility index (Phi) is 42.0. The van der Waals surface area contributed by atoms with Crippen molar-refractivity contribution in [3.05, 3.63) is 124 Å². The number of epoxide rings is 1. The van der Waals surface area contributed by atoms with Gasteiger partial charge in [0.15, 0.2) is 11.9 Å². The van der Waals surface area contributed by atoms with E-state index in [0.717, 1.165) is 11.1 Å². The smallest absolute Gasteiger partial charge is 0.347 e. The molecule has 8 atom stereocenters. The van der Waals surface area contributed by atoms with Crippen molar-refractivity contribution in [1.82, 2.24) is 20.9 Å². The number of carbonyl (C=O) groups is 10. The fraction of sp³-hybridized carbons (Fsp3) is 0.605. The lowest BCUT2D eigenvalue weighted by atomic mass is 9.88. The number of benzene rings is 3. The quantitative estimate of drug-likeness (QED) is 0.0158. The maximum absolute atomic E-state index is 14.0. The van der Waals surface area contributed by atoms with Crippen LogP contribution in [0.2, 0.25) is 5.02 Å². The summed E-state index contributed by atoms with van der Waals surface area (Å²) in [5, 5.41) is 8.68. The van der Waals surface area contributed by atoms with Crippen molar-refractivity contribution >= 4 is 70.7 Å². The molecule has 28 heteroatoms. The maximum Gasteiger partial charge on any atom is 0.347 e. The molecule has 604 valence electrons. The molecule has 3 aromatic rings. The van der Waals surface area contributed by atoms with E-state index in [0.29, 0.717) is 100.0 Å². The Morgan fingerprint density at radius 1 is 0.697 bits per heavy atom. The van der Waals surface area contributed by atoms with Crippen LogP contribution in [0.1, 0.15) is 134 Å². The van der Waals surface area contributed by atoms with E-state index in [9.17, 15) is 47.9 Å². The first-order valence-electron chi connectivity index (χ1n) is 37.5. The summed E-state index contributed by atoms with van der Waals surface area (Å²) >= 11 is 6.40. The van der Waals surface area contributed by atoms with Crippen molar-refractivity contribution in [2.45, 2.75) is 163 Å². The number of carbonyl (C=O) groups excluding carboxylic acids is 10. The predicted octanol–water partition coefficient (Wildman–Crippen LogP) is 8.12. The van der Waals surface area contributed by atoms with Gasteiger partial charge < -0.3 is 82.4 Å². The average molecular weight is 1550 g/mol. The number of nitrogens with one attached hydrogen (secondary N) is 3. The van der Waals surface area contributed by atoms with Gasteiger partial charge in [-0.3, -0.25) is 43.2 Å². The Morgan fingerprint density at radius 3 is 1.86 bits per heavy atom. The number of Topliss-reactive ketones (excluding diaryl/α,β-unsaturated/α-hetero) is 2. The SMILES string of the molecule is C=CCOC(=O)CCN(CCC(=O)C[C@H](C(=O)N[C@@H](C)C(=O)Cc1ccc(COC(=O)CCc2ccc([C@H]3O[C@@H]3[C@@H](C)[C@@H]3C/C=C/C(=O)N[C@H](Cc4ccc(OC)c(Cl)c4)C(=O)NCC(C)(C)C(=O)O[C@@H](CC(C)C)C(=O)O3)cc2)cc1)C(C)C)C(=O)CCOCCOCCOCCOCCOCCOCCOC. The number of methoxy groups -OCH3 is 2. The molecule has 0 aliphatic carbocycles. The number of nitrogens with zero attached hydrogens (tertiary/aromatic N) is 1. The number of rotatable bonds is 50. The number of esters is 4. The topological polar surface area (TPSA) is 333 Å². The first kappa shape index (κ1) is 91.6. The molecule has 27 nitrogen and oxygen atoms in total. The zero-order valence-corrected chi connectivity index (χ0v) is 65.8. The lowest BCUT2D eigenvalue weighted by molar-refractivity contribution is -0.179. The van der Waals surface area contributed by atoms with Crippen LogP contribution in [0.15, 0.2) is 91.5 Å². The van der Waals surface area contributed by atoms with Crippen LogP contribution in [0.4, 0.5) is 0 Å². The largest absolute Gasteiger partial charge is 0.495 e. The molecule has 0 bridgehead atoms. The summed E-state index contributed by atoms with van der Waals surface area (Å²) in [6.07, 6.45) is 1.97. The van der Waals surface area contributed by atoms with E-state index in [-0.39, 0.29) is 146 Å². The highest BCUT2D eigenvalue weighted by molar-refractivity contribution is 6.32. The molecular formula is C81H115ClN4O23. The van der Waals surface area contributed by atoms with E-state index in [1.54, 1.807) is 76.4 Å². The second-order valence-electron chi connectivity index (χ2n) is 28.3. The predicted molar refractivity (Wildman–Crippen MR) is 404 cm³/mol. The number of hydrogen-bond acceptors (Lipinski definition) is 23. The number of cyclic esters (lactones) is 2. The zero-order chi connectivity index (χ0) is 79.7. The second-order valence-corrected chi connectivity index (χ2v) is 28.7. The third kappa shape index (κ3) is 35.3. The maximum atomic E-state index is 14.0. The Bertz CT molecular complexity index is 3380. The molecule has 1 saturated heterocycles. The molecule has 109 heavy (non-hydrogen) atoms. The number of halogens is 1. The molecule has 0 aromatic heterocycles. The van der Waals surface area contributed by atoms with Crippen LogP contribution in [-0.2, 0) is 131 Å². The van der Waals surface area contributed by atoms with Crippen LogP contribution in [-0.4, -0.2) is 221 Å². The molecule has 2 aliphatic heterocycles. The van der Waals surface area contributed by atoms with E-state index < -0.39 is 89.2 Å². The first-order valence-corrected chi connectivity index (χ1v) is 37.9. The fourth-order valence-corrected chi connectivity index (χ4v) is 11.7. The molecule has 0 saturated carbocycles. The van der Waals surface area contributed by atoms with Gasteiger partial charge in [-0.05, 0) is 91.5 Å². The summed E-state index contributed by atoms with van der Waals surface area (Å²) in [5.41, 5.74) is 2.49. The summed E-state index contributed by atoms with van der Waals surface area (Å²) in [6.45, 7) is 22.5. The normalized spacial score (nSPS) is 18.6. The van der Waals surface area contributed by atoms with E-state index >= 15 is 0 Å². The number of hydrogen-bond donors (Lipinski definition) is 3. The van der Waals surface area contributed by atoms with Crippen molar-refractivity contribution in [3.63, 3.8) is 0 Å². The molecule has 5 rings (SSSR count). The van der Waals surface area contributed by atoms with Crippen LogP contribution >= 0.6 is 11.6 Å². The average Bonchev–Trinajstić information content (AvgIpc) is 1.63. The van der Waals surface area contributed by atoms with Gasteiger partial charge in [0.05, 0.1) is 128 Å². The zero-order valence-electron chi connectivity index (χ0n) is 65.1. The summed E-state index contributed by atoms with van der Waals surface area (Å²) < 4.78 is 72.1. The molecule has 0 unspecified atom stereocenters. The summed E-state index contributed by atoms with van der Waals surface area (Å²) in [4.78, 5) is 136. The summed E-state index contributed by atoms with van der Waals surface area (Å²) in [5.74, 6) is -5.91. The standard InChI is InChI=1S/C81H115ClN4O23/c1-12-33-105-74(92)29-32-86(72(90)30-34-99-37-38-101-41-42-103-45-46-104-44-43-102-40-39-100-36-35-97-10)31-28-63(87)51-64(55(4)5)77(93)84-57(7)67(88)50-59-16-18-60(19-17-59)52-106-73(91)27-23-58-20-24-62(25-21-58)76-75(109-76)56(6)68-14-13-15-71(89)85-66(49-61-22-26-69(98-11)65(82)48-61)78(94)83-53-81(8,9)80(96)108-70(47-54(2)3)79(95)107-68/h12-13,15-22,24-26,48,54-57,64,66,68,70,75-76H,1,14,23,27-47,49-53H2,2-11H3,(H,83,94)(H,84,93)(H,85,89)/b15-13+/t56-,57-,64-,66+,68-,70-,75+,76+/m0/s1. The lowest BCUT2D eigenvalue weighted by Gasteiger charge is -2.29. The van der Waals surface area contributed by atoms with E-state index in [1.807, 2.05) is 58.9 Å². The minimum absolute atomic E-state index is 0.000458. The third-order valence-corrected chi connectivity index (χ3v) is 18.4. The Hall–Kier alpha value is -7.99. The van der Waals surface area contributed by atoms with Crippen LogP contribution in [0.5, 0.6) is 5.75 Å². The molecule has 4 amide bonds. The highest BCUT2D eigenvalue weighted by Crippen LogP contribution is 2.45. The minimum atomic E-state index is -1.28.